The summed E-state index contributed by atoms with van der Waals surface area (Å²) >= 11 is 0. The molecule has 0 aliphatic carbocycles. The van der Waals surface area contributed by atoms with Crippen LogP contribution in [0.2, 0.25) is 0 Å². The number of hydrogen-bond acceptors (Lipinski definition) is 6. The minimum Gasteiger partial charge on any atom is -0.622 e. The molecule has 1 aromatic rings. The summed E-state index contributed by atoms with van der Waals surface area (Å²) in [4.78, 5) is 0. The van der Waals surface area contributed by atoms with Gasteiger partial charge in [-0.2, -0.15) is 4.74 Å². The van der Waals surface area contributed by atoms with Gasteiger partial charge in [0.1, 0.15) is 18.3 Å². The van der Waals surface area contributed by atoms with E-state index in [-0.39, 0.29) is 6.10 Å². The van der Waals surface area contributed by atoms with Crippen molar-refractivity contribution in [2.24, 2.45) is 0 Å². The zero-order chi connectivity index (χ0) is 18.5. The third kappa shape index (κ3) is 3.37. The molecule has 5 atom stereocenters. The summed E-state index contributed by atoms with van der Waals surface area (Å²) in [7, 11) is 0. The minimum atomic E-state index is -0.806. The van der Waals surface area contributed by atoms with Crippen LogP contribution < -0.4 is 0 Å². The summed E-state index contributed by atoms with van der Waals surface area (Å²) in [5.74, 6) is -1.46. The largest absolute Gasteiger partial charge is 0.622 e. The molecule has 4 rings (SSSR count). The van der Waals surface area contributed by atoms with Crippen LogP contribution in [0.15, 0.2) is 30.3 Å². The van der Waals surface area contributed by atoms with Crippen LogP contribution >= 0.6 is 0 Å². The molecule has 3 heterocycles. The Kier molecular flexibility index (Phi) is 4.32. The maximum atomic E-state index is 12.8. The second-order valence-electron chi connectivity index (χ2n) is 7.82. The highest BCUT2D eigenvalue weighted by molar-refractivity contribution is 5.75. The van der Waals surface area contributed by atoms with Gasteiger partial charge in [-0.05, 0) is 39.8 Å². The van der Waals surface area contributed by atoms with Gasteiger partial charge in [-0.3, -0.25) is 0 Å². The Morgan fingerprint density at radius 2 is 1.65 bits per heavy atom. The average Bonchev–Trinajstić information content (AvgIpc) is 3.18. The van der Waals surface area contributed by atoms with Crippen molar-refractivity contribution in [3.05, 3.63) is 41.1 Å². The van der Waals surface area contributed by atoms with Crippen LogP contribution in [0.5, 0.6) is 0 Å². The molecule has 0 radical (unpaired) electrons. The van der Waals surface area contributed by atoms with Gasteiger partial charge in [-0.15, -0.1) is 0 Å². The van der Waals surface area contributed by atoms with E-state index in [1.165, 1.54) is 6.21 Å². The van der Waals surface area contributed by atoms with Crippen molar-refractivity contribution < 1.29 is 28.4 Å². The first-order chi connectivity index (χ1) is 12.2. The smallest absolute Gasteiger partial charge is 0.297 e. The topological polar surface area (TPSA) is 72.2 Å². The van der Waals surface area contributed by atoms with Gasteiger partial charge in [0.2, 0.25) is 0 Å². The number of fused-ring (bicyclic) bond motifs is 1. The maximum Gasteiger partial charge on any atom is 0.297 e. The van der Waals surface area contributed by atoms with E-state index in [4.69, 9.17) is 23.7 Å². The van der Waals surface area contributed by atoms with E-state index >= 15 is 0 Å². The molecular weight excluding hydrogens is 338 g/mol. The first kappa shape index (κ1) is 17.9. The molecule has 0 aromatic heterocycles. The molecule has 3 fully saturated rings. The van der Waals surface area contributed by atoms with Crippen molar-refractivity contribution in [2.75, 3.05) is 6.61 Å². The Balaban J connectivity index is 1.59. The van der Waals surface area contributed by atoms with E-state index in [9.17, 15) is 5.21 Å². The van der Waals surface area contributed by atoms with Gasteiger partial charge in [-0.25, -0.2) is 0 Å². The molecule has 7 heteroatoms. The van der Waals surface area contributed by atoms with E-state index in [1.807, 2.05) is 58.0 Å². The molecule has 142 valence electrons. The summed E-state index contributed by atoms with van der Waals surface area (Å²) in [5, 5.41) is 12.8. The van der Waals surface area contributed by atoms with Crippen molar-refractivity contribution in [3.8, 4) is 0 Å². The molecule has 0 spiro atoms. The summed E-state index contributed by atoms with van der Waals surface area (Å²) < 4.78 is 30.5. The first-order valence-electron chi connectivity index (χ1n) is 8.92. The quantitative estimate of drug-likeness (QED) is 0.354. The number of benzene rings is 1. The van der Waals surface area contributed by atoms with Crippen LogP contribution in [0.3, 0.4) is 0 Å². The van der Waals surface area contributed by atoms with Crippen LogP contribution in [-0.2, 0) is 23.7 Å². The van der Waals surface area contributed by atoms with Crippen molar-refractivity contribution in [2.45, 2.75) is 69.9 Å². The van der Waals surface area contributed by atoms with Crippen molar-refractivity contribution in [1.29, 1.82) is 0 Å². The molecule has 3 aliphatic rings. The minimum absolute atomic E-state index is 0.315. The lowest BCUT2D eigenvalue weighted by Crippen LogP contribution is -2.40. The van der Waals surface area contributed by atoms with Crippen LogP contribution in [0.4, 0.5) is 0 Å². The summed E-state index contributed by atoms with van der Waals surface area (Å²) in [6.07, 6.45) is -0.939. The van der Waals surface area contributed by atoms with E-state index in [1.54, 1.807) is 0 Å². The lowest BCUT2D eigenvalue weighted by atomic mass is 10.1. The predicted molar refractivity (Wildman–Crippen MR) is 92.6 cm³/mol. The molecule has 26 heavy (non-hydrogen) atoms. The standard InChI is InChI=1S/C19H25NO6/c1-18(2)22-11-13(24-18)14-15-16(26-19(3,4)25-15)17(23-14)20(21)10-12-8-6-5-7-9-12/h5-10,13-17H,11H2,1-4H3/b20-10-/t13-,14?,15?,16?,17?/m1/s1. The fraction of sp³-hybridized carbons (Fsp3) is 0.632. The monoisotopic (exact) mass is 363 g/mol. The molecular formula is C19H25NO6. The Labute approximate surface area is 153 Å². The average molecular weight is 363 g/mol. The zero-order valence-electron chi connectivity index (χ0n) is 15.5. The molecule has 0 amide bonds. The number of ether oxygens (including phenoxy) is 5. The van der Waals surface area contributed by atoms with E-state index < -0.39 is 36.1 Å². The highest BCUT2D eigenvalue weighted by atomic mass is 16.8. The lowest BCUT2D eigenvalue weighted by molar-refractivity contribution is -0.562. The zero-order valence-corrected chi connectivity index (χ0v) is 15.5. The molecule has 0 N–H and O–H groups in total. The van der Waals surface area contributed by atoms with Crippen LogP contribution in [0.1, 0.15) is 33.3 Å². The Hall–Kier alpha value is -1.51. The van der Waals surface area contributed by atoms with Gasteiger partial charge in [0.05, 0.1) is 6.61 Å². The van der Waals surface area contributed by atoms with E-state index in [0.717, 1.165) is 10.3 Å². The summed E-state index contributed by atoms with van der Waals surface area (Å²) in [6.45, 7) is 7.78. The van der Waals surface area contributed by atoms with Crippen LogP contribution in [0, 0.1) is 5.21 Å². The number of nitrogens with zero attached hydrogens (tertiary/aromatic N) is 1. The molecule has 0 bridgehead atoms. The van der Waals surface area contributed by atoms with Crippen LogP contribution in [0.25, 0.3) is 0 Å². The number of hydrogen-bond donors (Lipinski definition) is 0. The highest BCUT2D eigenvalue weighted by Crippen LogP contribution is 2.42. The Bertz CT molecular complexity index is 689. The third-order valence-corrected chi connectivity index (χ3v) is 4.79. The summed E-state index contributed by atoms with van der Waals surface area (Å²) in [5.41, 5.74) is 0.797. The van der Waals surface area contributed by atoms with Gasteiger partial charge in [0, 0.05) is 5.56 Å². The molecule has 3 aliphatic heterocycles. The normalized spacial score (nSPS) is 38.5. The third-order valence-electron chi connectivity index (χ3n) is 4.79. The van der Waals surface area contributed by atoms with Crippen LogP contribution in [-0.4, -0.2) is 59.8 Å². The second kappa shape index (κ2) is 6.28. The lowest BCUT2D eigenvalue weighted by Gasteiger charge is -2.26. The fourth-order valence-electron chi connectivity index (χ4n) is 3.75. The van der Waals surface area contributed by atoms with Gasteiger partial charge in [0.15, 0.2) is 23.9 Å². The van der Waals surface area contributed by atoms with Crippen molar-refractivity contribution in [1.82, 2.24) is 0 Å². The summed E-state index contributed by atoms with van der Waals surface area (Å²) in [6, 6.07) is 9.39. The van der Waals surface area contributed by atoms with E-state index in [2.05, 4.69) is 0 Å². The van der Waals surface area contributed by atoms with Gasteiger partial charge >= 0.3 is 0 Å². The Morgan fingerprint density at radius 1 is 0.962 bits per heavy atom. The fourth-order valence-corrected chi connectivity index (χ4v) is 3.75. The molecule has 3 saturated heterocycles. The van der Waals surface area contributed by atoms with Crippen molar-refractivity contribution >= 4 is 6.21 Å². The number of rotatable bonds is 3. The molecule has 4 unspecified atom stereocenters. The van der Waals surface area contributed by atoms with Crippen molar-refractivity contribution in [3.63, 3.8) is 0 Å². The highest BCUT2D eigenvalue weighted by Gasteiger charge is 2.62. The predicted octanol–water partition coefficient (Wildman–Crippen LogP) is 2.01. The Morgan fingerprint density at radius 3 is 2.31 bits per heavy atom. The van der Waals surface area contributed by atoms with Gasteiger partial charge in [-0.1, -0.05) is 18.2 Å². The molecule has 0 saturated carbocycles. The van der Waals surface area contributed by atoms with E-state index in [0.29, 0.717) is 6.61 Å². The molecule has 1 aromatic carbocycles. The number of hydroxylamine groups is 1. The maximum absolute atomic E-state index is 12.8. The van der Waals surface area contributed by atoms with Gasteiger partial charge < -0.3 is 28.9 Å². The molecule has 7 nitrogen and oxygen atoms in total. The first-order valence-corrected chi connectivity index (χ1v) is 8.92. The van der Waals surface area contributed by atoms with Gasteiger partial charge in [0.25, 0.3) is 6.23 Å². The second-order valence-corrected chi connectivity index (χ2v) is 7.82. The SMILES string of the molecule is CC1(C)OC2C(O1)C(/[N+]([O-])=C/c1ccccc1)OC2[C@H]1COC(C)(C)O1.